The quantitative estimate of drug-likeness (QED) is 0.710. The number of rotatable bonds is 2. The van der Waals surface area contributed by atoms with Crippen LogP contribution in [0.15, 0.2) is 0 Å². The molecule has 2 aliphatic rings. The van der Waals surface area contributed by atoms with Crippen molar-refractivity contribution in [3.05, 3.63) is 0 Å². The van der Waals surface area contributed by atoms with E-state index in [9.17, 15) is 0 Å². The molecule has 3 heteroatoms. The van der Waals surface area contributed by atoms with Crippen LogP contribution in [0.5, 0.6) is 0 Å². The van der Waals surface area contributed by atoms with Crippen LogP contribution in [-0.4, -0.2) is 30.6 Å². The van der Waals surface area contributed by atoms with Gasteiger partial charge in [0.1, 0.15) is 0 Å². The van der Waals surface area contributed by atoms with Crippen LogP contribution >= 0.6 is 0 Å². The molecule has 14 heavy (non-hydrogen) atoms. The van der Waals surface area contributed by atoms with Gasteiger partial charge in [-0.1, -0.05) is 6.92 Å². The predicted octanol–water partition coefficient (Wildman–Crippen LogP) is 0.959. The second-order valence-corrected chi connectivity index (χ2v) is 5.19. The number of likely N-dealkylation sites (tertiary alicyclic amines) is 1. The highest BCUT2D eigenvalue weighted by Crippen LogP contribution is 2.45. The van der Waals surface area contributed by atoms with Gasteiger partial charge >= 0.3 is 0 Å². The Morgan fingerprint density at radius 3 is 2.71 bits per heavy atom. The fourth-order valence-electron chi connectivity index (χ4n) is 2.53. The molecule has 0 amide bonds. The lowest BCUT2D eigenvalue weighted by molar-refractivity contribution is 0.149. The van der Waals surface area contributed by atoms with Gasteiger partial charge in [0.15, 0.2) is 0 Å². The summed E-state index contributed by atoms with van der Waals surface area (Å²) in [6.07, 6.45) is 3.31. The molecule has 1 aliphatic carbocycles. The van der Waals surface area contributed by atoms with Crippen molar-refractivity contribution in [2.45, 2.75) is 32.2 Å². The maximum atomic E-state index is 9.01. The van der Waals surface area contributed by atoms with Crippen molar-refractivity contribution in [2.24, 2.45) is 17.1 Å². The van der Waals surface area contributed by atoms with Gasteiger partial charge in [-0.25, -0.2) is 0 Å². The fraction of sp³-hybridized carbons (Fsp3) is 0.909. The minimum absolute atomic E-state index is 0.00319. The minimum atomic E-state index is -0.00319. The molecule has 1 aliphatic heterocycles. The summed E-state index contributed by atoms with van der Waals surface area (Å²) < 4.78 is 0. The van der Waals surface area contributed by atoms with E-state index in [1.165, 1.54) is 0 Å². The molecule has 2 rings (SSSR count). The molecule has 1 heterocycles. The van der Waals surface area contributed by atoms with Gasteiger partial charge in [0, 0.05) is 25.7 Å². The van der Waals surface area contributed by atoms with Crippen molar-refractivity contribution in [1.82, 2.24) is 4.90 Å². The molecule has 0 radical (unpaired) electrons. The first-order valence-electron chi connectivity index (χ1n) is 5.53. The second kappa shape index (κ2) is 3.52. The monoisotopic (exact) mass is 193 g/mol. The van der Waals surface area contributed by atoms with Gasteiger partial charge in [0.25, 0.3) is 0 Å². The lowest BCUT2D eigenvalue weighted by atomic mass is 9.95. The van der Waals surface area contributed by atoms with Gasteiger partial charge in [-0.2, -0.15) is 5.26 Å². The SMILES string of the molecule is CC1CC(N)CN(CC2(C#N)CC2)C1. The van der Waals surface area contributed by atoms with Gasteiger partial charge in [-0.15, -0.1) is 0 Å². The van der Waals surface area contributed by atoms with Crippen LogP contribution in [0.1, 0.15) is 26.2 Å². The number of hydrogen-bond acceptors (Lipinski definition) is 3. The number of nitrogens with zero attached hydrogens (tertiary/aromatic N) is 2. The zero-order valence-electron chi connectivity index (χ0n) is 8.87. The molecular formula is C11H19N3. The van der Waals surface area contributed by atoms with Crippen molar-refractivity contribution >= 4 is 0 Å². The van der Waals surface area contributed by atoms with Gasteiger partial charge in [0.2, 0.25) is 0 Å². The third kappa shape index (κ3) is 2.08. The number of hydrogen-bond donors (Lipinski definition) is 1. The van der Waals surface area contributed by atoms with E-state index in [1.807, 2.05) is 0 Å². The van der Waals surface area contributed by atoms with Crippen LogP contribution in [-0.2, 0) is 0 Å². The Bertz CT molecular complexity index is 242. The van der Waals surface area contributed by atoms with Gasteiger partial charge in [0.05, 0.1) is 11.5 Å². The molecule has 2 fully saturated rings. The normalized spacial score (nSPS) is 36.4. The molecule has 1 saturated carbocycles. The first-order chi connectivity index (χ1) is 6.63. The molecule has 2 unspecified atom stereocenters. The molecule has 0 aromatic carbocycles. The average Bonchev–Trinajstić information content (AvgIpc) is 2.83. The topological polar surface area (TPSA) is 53.0 Å². The highest BCUT2D eigenvalue weighted by Gasteiger charge is 2.45. The maximum Gasteiger partial charge on any atom is 0.0703 e. The smallest absolute Gasteiger partial charge is 0.0703 e. The molecule has 0 aromatic rings. The summed E-state index contributed by atoms with van der Waals surface area (Å²) in [5.74, 6) is 0.688. The Morgan fingerprint density at radius 1 is 1.50 bits per heavy atom. The Balaban J connectivity index is 1.89. The summed E-state index contributed by atoms with van der Waals surface area (Å²) in [7, 11) is 0. The first-order valence-corrected chi connectivity index (χ1v) is 5.53. The average molecular weight is 193 g/mol. The molecule has 78 valence electrons. The lowest BCUT2D eigenvalue weighted by Gasteiger charge is -2.35. The minimum Gasteiger partial charge on any atom is -0.327 e. The van der Waals surface area contributed by atoms with Crippen LogP contribution in [0.25, 0.3) is 0 Å². The van der Waals surface area contributed by atoms with Crippen LogP contribution in [0, 0.1) is 22.7 Å². The molecule has 0 aromatic heterocycles. The van der Waals surface area contributed by atoms with Gasteiger partial charge in [-0.3, -0.25) is 4.90 Å². The van der Waals surface area contributed by atoms with Gasteiger partial charge < -0.3 is 5.73 Å². The summed E-state index contributed by atoms with van der Waals surface area (Å²) in [4.78, 5) is 2.38. The molecule has 2 atom stereocenters. The molecule has 0 bridgehead atoms. The van der Waals surface area contributed by atoms with Crippen LogP contribution in [0.2, 0.25) is 0 Å². The van der Waals surface area contributed by atoms with E-state index in [0.29, 0.717) is 12.0 Å². The van der Waals surface area contributed by atoms with E-state index in [2.05, 4.69) is 17.9 Å². The molecule has 1 saturated heterocycles. The zero-order valence-corrected chi connectivity index (χ0v) is 8.87. The molecular weight excluding hydrogens is 174 g/mol. The summed E-state index contributed by atoms with van der Waals surface area (Å²) in [6.45, 7) is 5.30. The highest BCUT2D eigenvalue weighted by atomic mass is 15.2. The number of piperidine rings is 1. The lowest BCUT2D eigenvalue weighted by Crippen LogP contribution is -2.48. The van der Waals surface area contributed by atoms with Gasteiger partial charge in [-0.05, 0) is 25.2 Å². The Morgan fingerprint density at radius 2 is 2.21 bits per heavy atom. The van der Waals surface area contributed by atoms with E-state index in [0.717, 1.165) is 38.9 Å². The van der Waals surface area contributed by atoms with Crippen molar-refractivity contribution in [1.29, 1.82) is 5.26 Å². The Labute approximate surface area is 85.9 Å². The summed E-state index contributed by atoms with van der Waals surface area (Å²) in [6, 6.07) is 2.76. The Kier molecular flexibility index (Phi) is 2.50. The highest BCUT2D eigenvalue weighted by molar-refractivity contribution is 5.11. The first kappa shape index (κ1) is 9.95. The van der Waals surface area contributed by atoms with E-state index >= 15 is 0 Å². The predicted molar refractivity (Wildman–Crippen MR) is 55.5 cm³/mol. The second-order valence-electron chi connectivity index (χ2n) is 5.19. The molecule has 0 spiro atoms. The summed E-state index contributed by atoms with van der Waals surface area (Å²) in [5.41, 5.74) is 5.97. The number of nitriles is 1. The van der Waals surface area contributed by atoms with E-state index < -0.39 is 0 Å². The van der Waals surface area contributed by atoms with Crippen LogP contribution < -0.4 is 5.73 Å². The largest absolute Gasteiger partial charge is 0.327 e. The van der Waals surface area contributed by atoms with Crippen molar-refractivity contribution < 1.29 is 0 Å². The van der Waals surface area contributed by atoms with Crippen molar-refractivity contribution in [2.75, 3.05) is 19.6 Å². The summed E-state index contributed by atoms with van der Waals surface area (Å²) >= 11 is 0. The van der Waals surface area contributed by atoms with Crippen molar-refractivity contribution in [3.8, 4) is 6.07 Å². The standard InChI is InChI=1S/C11H19N3/c1-9-4-10(13)6-14(5-9)8-11(7-12)2-3-11/h9-10H,2-6,8,13H2,1H3. The van der Waals surface area contributed by atoms with E-state index in [4.69, 9.17) is 11.0 Å². The molecule has 2 N–H and O–H groups in total. The number of nitrogens with two attached hydrogens (primary N) is 1. The maximum absolute atomic E-state index is 9.01. The Hall–Kier alpha value is -0.590. The third-order valence-electron chi connectivity index (χ3n) is 3.38. The van der Waals surface area contributed by atoms with E-state index in [1.54, 1.807) is 0 Å². The van der Waals surface area contributed by atoms with Crippen molar-refractivity contribution in [3.63, 3.8) is 0 Å². The van der Waals surface area contributed by atoms with E-state index in [-0.39, 0.29) is 5.41 Å². The third-order valence-corrected chi connectivity index (χ3v) is 3.38. The zero-order chi connectivity index (χ0) is 10.2. The fourth-order valence-corrected chi connectivity index (χ4v) is 2.53. The van der Waals surface area contributed by atoms with Crippen LogP contribution in [0.3, 0.4) is 0 Å². The molecule has 3 nitrogen and oxygen atoms in total. The van der Waals surface area contributed by atoms with Crippen LogP contribution in [0.4, 0.5) is 0 Å². The summed E-state index contributed by atoms with van der Waals surface area (Å²) in [5, 5.41) is 9.01.